The van der Waals surface area contributed by atoms with Crippen molar-refractivity contribution in [2.24, 2.45) is 5.92 Å². The second kappa shape index (κ2) is 4.56. The van der Waals surface area contributed by atoms with E-state index in [1.165, 1.54) is 0 Å². The summed E-state index contributed by atoms with van der Waals surface area (Å²) in [4.78, 5) is 0. The molecule has 0 spiro atoms. The summed E-state index contributed by atoms with van der Waals surface area (Å²) in [5.74, 6) is -0.627. The summed E-state index contributed by atoms with van der Waals surface area (Å²) in [6.45, 7) is 3.53. The van der Waals surface area contributed by atoms with Gasteiger partial charge in [0.2, 0.25) is 0 Å². The number of rotatable bonds is 4. The van der Waals surface area contributed by atoms with Crippen LogP contribution in [0.3, 0.4) is 0 Å². The second-order valence-electron chi connectivity index (χ2n) is 4.23. The molecule has 0 amide bonds. The van der Waals surface area contributed by atoms with Crippen LogP contribution >= 0.6 is 0 Å². The molecule has 2 unspecified atom stereocenters. The van der Waals surface area contributed by atoms with Crippen molar-refractivity contribution in [1.29, 1.82) is 0 Å². The van der Waals surface area contributed by atoms with E-state index in [0.29, 0.717) is 32.1 Å². The number of hydrogen-bond acceptors (Lipinski definition) is 1. The lowest BCUT2D eigenvalue weighted by Gasteiger charge is -2.32. The summed E-state index contributed by atoms with van der Waals surface area (Å²) in [6, 6.07) is 0. The van der Waals surface area contributed by atoms with Gasteiger partial charge in [-0.3, -0.25) is 0 Å². The zero-order valence-corrected chi connectivity index (χ0v) is 8.69. The molecule has 0 aromatic heterocycles. The third-order valence-electron chi connectivity index (χ3n) is 3.24. The molecule has 1 fully saturated rings. The van der Waals surface area contributed by atoms with Gasteiger partial charge in [0.25, 0.3) is 0 Å². The summed E-state index contributed by atoms with van der Waals surface area (Å²) in [6.07, 6.45) is -0.167. The van der Waals surface area contributed by atoms with Crippen molar-refractivity contribution in [2.45, 2.75) is 50.3 Å². The topological polar surface area (TPSA) is 20.2 Å². The highest BCUT2D eigenvalue weighted by atomic mass is 19.4. The quantitative estimate of drug-likeness (QED) is 0.570. The van der Waals surface area contributed by atoms with Crippen LogP contribution in [-0.2, 0) is 0 Å². The molecule has 4 heteroatoms. The summed E-state index contributed by atoms with van der Waals surface area (Å²) in [5, 5.41) is 9.64. The monoisotopic (exact) mass is 222 g/mol. The lowest BCUT2D eigenvalue weighted by molar-refractivity contribution is -0.273. The van der Waals surface area contributed by atoms with Gasteiger partial charge in [0.1, 0.15) is 0 Å². The molecule has 1 aliphatic carbocycles. The summed E-state index contributed by atoms with van der Waals surface area (Å²) >= 11 is 0. The molecule has 1 saturated carbocycles. The molecule has 0 aliphatic heterocycles. The minimum absolute atomic E-state index is 0.144. The number of hydrogen-bond donors (Lipinski definition) is 1. The van der Waals surface area contributed by atoms with Crippen LogP contribution in [0.25, 0.3) is 0 Å². The Kier molecular flexibility index (Phi) is 3.82. The van der Waals surface area contributed by atoms with Crippen molar-refractivity contribution in [3.8, 4) is 0 Å². The largest absolute Gasteiger partial charge is 0.417 e. The Balaban J connectivity index is 2.59. The van der Waals surface area contributed by atoms with Crippen LogP contribution in [0.4, 0.5) is 13.2 Å². The van der Waals surface area contributed by atoms with E-state index >= 15 is 0 Å². The molecular weight excluding hydrogens is 205 g/mol. The fourth-order valence-electron chi connectivity index (χ4n) is 2.33. The zero-order chi connectivity index (χ0) is 11.5. The lowest BCUT2D eigenvalue weighted by Crippen LogP contribution is -2.48. The van der Waals surface area contributed by atoms with Gasteiger partial charge in [-0.1, -0.05) is 6.08 Å². The Morgan fingerprint density at radius 1 is 1.47 bits per heavy atom. The number of halogens is 3. The van der Waals surface area contributed by atoms with Crippen molar-refractivity contribution in [3.05, 3.63) is 12.7 Å². The van der Waals surface area contributed by atoms with Crippen molar-refractivity contribution in [2.75, 3.05) is 0 Å². The van der Waals surface area contributed by atoms with Crippen LogP contribution < -0.4 is 0 Å². The van der Waals surface area contributed by atoms with Crippen LogP contribution in [0.2, 0.25) is 0 Å². The minimum Gasteiger partial charge on any atom is -0.380 e. The lowest BCUT2D eigenvalue weighted by atomic mass is 9.86. The normalized spacial score (nSPS) is 31.9. The van der Waals surface area contributed by atoms with Crippen LogP contribution in [0.1, 0.15) is 38.5 Å². The maximum atomic E-state index is 12.6. The van der Waals surface area contributed by atoms with Crippen molar-refractivity contribution < 1.29 is 18.3 Å². The fourth-order valence-corrected chi connectivity index (χ4v) is 2.33. The molecule has 0 aromatic carbocycles. The van der Waals surface area contributed by atoms with Gasteiger partial charge < -0.3 is 5.11 Å². The number of allylic oxidation sites excluding steroid dienone is 1. The average molecular weight is 222 g/mol. The predicted octanol–water partition coefficient (Wildman–Crippen LogP) is 3.44. The molecule has 1 nitrogen and oxygen atoms in total. The van der Waals surface area contributed by atoms with Gasteiger partial charge >= 0.3 is 6.18 Å². The maximum absolute atomic E-state index is 12.6. The molecule has 0 bridgehead atoms. The molecule has 1 N–H and O–H groups in total. The Hall–Kier alpha value is -0.510. The van der Waals surface area contributed by atoms with Crippen LogP contribution in [-0.4, -0.2) is 16.9 Å². The van der Waals surface area contributed by atoms with E-state index in [-0.39, 0.29) is 6.42 Å². The van der Waals surface area contributed by atoms with Gasteiger partial charge in [-0.15, -0.1) is 6.58 Å². The van der Waals surface area contributed by atoms with Crippen LogP contribution in [0.15, 0.2) is 12.7 Å². The summed E-state index contributed by atoms with van der Waals surface area (Å²) < 4.78 is 37.9. The molecular formula is C11H17F3O. The summed E-state index contributed by atoms with van der Waals surface area (Å²) in [7, 11) is 0. The average Bonchev–Trinajstić information content (AvgIpc) is 2.49. The van der Waals surface area contributed by atoms with Gasteiger partial charge in [-0.2, -0.15) is 13.2 Å². The van der Waals surface area contributed by atoms with Crippen LogP contribution in [0.5, 0.6) is 0 Å². The van der Waals surface area contributed by atoms with Crippen molar-refractivity contribution in [1.82, 2.24) is 0 Å². The number of alkyl halides is 3. The Labute approximate surface area is 88.0 Å². The van der Waals surface area contributed by atoms with E-state index in [1.54, 1.807) is 6.08 Å². The summed E-state index contributed by atoms with van der Waals surface area (Å²) in [5.41, 5.74) is -2.44. The molecule has 1 rings (SSSR count). The van der Waals surface area contributed by atoms with Crippen molar-refractivity contribution in [3.63, 3.8) is 0 Å². The maximum Gasteiger partial charge on any atom is 0.417 e. The molecule has 0 saturated heterocycles. The smallest absolute Gasteiger partial charge is 0.380 e. The van der Waals surface area contributed by atoms with E-state index < -0.39 is 17.7 Å². The first-order chi connectivity index (χ1) is 6.92. The first-order valence-electron chi connectivity index (χ1n) is 5.32. The van der Waals surface area contributed by atoms with Gasteiger partial charge in [0.15, 0.2) is 5.60 Å². The molecule has 1 aliphatic rings. The Morgan fingerprint density at radius 2 is 2.13 bits per heavy atom. The number of aliphatic hydroxyl groups is 1. The first-order valence-corrected chi connectivity index (χ1v) is 5.32. The molecule has 0 heterocycles. The Bertz CT molecular complexity index is 224. The van der Waals surface area contributed by atoms with Gasteiger partial charge in [0.05, 0.1) is 0 Å². The van der Waals surface area contributed by atoms with E-state index in [0.717, 1.165) is 0 Å². The third-order valence-corrected chi connectivity index (χ3v) is 3.24. The SMILES string of the molecule is C=CCCCC1CCCC1(O)C(F)(F)F. The van der Waals surface area contributed by atoms with Crippen LogP contribution in [0, 0.1) is 5.92 Å². The highest BCUT2D eigenvalue weighted by Crippen LogP contribution is 2.48. The zero-order valence-electron chi connectivity index (χ0n) is 8.69. The highest BCUT2D eigenvalue weighted by molar-refractivity contribution is 4.97. The van der Waals surface area contributed by atoms with E-state index in [4.69, 9.17) is 0 Å². The number of unbranched alkanes of at least 4 members (excludes halogenated alkanes) is 1. The standard InChI is InChI=1S/C11H17F3O/c1-2-3-4-6-9-7-5-8-10(9,15)11(12,13)14/h2,9,15H,1,3-8H2. The van der Waals surface area contributed by atoms with Gasteiger partial charge in [-0.05, 0) is 44.4 Å². The van der Waals surface area contributed by atoms with E-state index in [9.17, 15) is 18.3 Å². The molecule has 2 atom stereocenters. The molecule has 0 aromatic rings. The molecule has 0 radical (unpaired) electrons. The van der Waals surface area contributed by atoms with Gasteiger partial charge in [0, 0.05) is 0 Å². The molecule has 88 valence electrons. The first kappa shape index (κ1) is 12.6. The molecule has 15 heavy (non-hydrogen) atoms. The minimum atomic E-state index is -4.48. The van der Waals surface area contributed by atoms with Crippen molar-refractivity contribution >= 4 is 0 Å². The van der Waals surface area contributed by atoms with E-state index in [2.05, 4.69) is 6.58 Å². The predicted molar refractivity (Wildman–Crippen MR) is 52.4 cm³/mol. The highest BCUT2D eigenvalue weighted by Gasteiger charge is 2.59. The van der Waals surface area contributed by atoms with E-state index in [1.807, 2.05) is 0 Å². The Morgan fingerprint density at radius 3 is 2.67 bits per heavy atom. The second-order valence-corrected chi connectivity index (χ2v) is 4.23. The third kappa shape index (κ3) is 2.54. The fraction of sp³-hybridized carbons (Fsp3) is 0.818. The van der Waals surface area contributed by atoms with Gasteiger partial charge in [-0.25, -0.2) is 0 Å².